The predicted octanol–water partition coefficient (Wildman–Crippen LogP) is 6.25. The van der Waals surface area contributed by atoms with Crippen molar-refractivity contribution in [3.63, 3.8) is 0 Å². The molecule has 0 aromatic heterocycles. The molecule has 0 fully saturated rings. The fraction of sp³-hybridized carbons (Fsp3) is 0.196. The van der Waals surface area contributed by atoms with Gasteiger partial charge in [-0.25, -0.2) is 0 Å². The predicted molar refractivity (Wildman–Crippen MR) is 214 cm³/mol. The second kappa shape index (κ2) is 17.4. The Hall–Kier alpha value is -5.42. The Kier molecular flexibility index (Phi) is 12.7. The number of benzene rings is 6. The normalized spacial score (nSPS) is 11.0. The Morgan fingerprint density at radius 3 is 1.23 bits per heavy atom. The van der Waals surface area contributed by atoms with Crippen LogP contribution in [0.2, 0.25) is 0 Å². The molecule has 53 heavy (non-hydrogen) atoms. The number of carboxylic acid groups (broad SMARTS) is 1. The van der Waals surface area contributed by atoms with Gasteiger partial charge in [-0.15, -0.1) is 0 Å². The van der Waals surface area contributed by atoms with Gasteiger partial charge in [0, 0.05) is 22.3 Å². The SMILES string of the molecule is Cc1cc(C)c(O)c(C[NH+](Cc2cc(C)cc(C)c2O)Cc2cc(C)cc(C)c2O)c1.O=C([O-])c1ccccc1P(c1ccccc1)c1ccccc1. The smallest absolute Gasteiger partial charge is 0.127 e. The number of aromatic carboxylic acids is 1. The molecule has 0 aliphatic rings. The van der Waals surface area contributed by atoms with Crippen molar-refractivity contribution in [1.29, 1.82) is 0 Å². The van der Waals surface area contributed by atoms with Crippen LogP contribution in [0, 0.1) is 41.5 Å². The van der Waals surface area contributed by atoms with Crippen LogP contribution in [-0.2, 0) is 19.6 Å². The third-order valence-corrected chi connectivity index (χ3v) is 11.8. The number of phenols is 3. The van der Waals surface area contributed by atoms with Crippen molar-refractivity contribution < 1.29 is 30.1 Å². The zero-order chi connectivity index (χ0) is 38.2. The molecule has 0 saturated heterocycles. The molecule has 0 radical (unpaired) electrons. The molecular weight excluding hydrogens is 677 g/mol. The maximum absolute atomic E-state index is 11.5. The lowest BCUT2D eigenvalue weighted by Crippen LogP contribution is -3.08. The first-order valence-electron chi connectivity index (χ1n) is 17.7. The van der Waals surface area contributed by atoms with Crippen LogP contribution in [0.1, 0.15) is 60.4 Å². The van der Waals surface area contributed by atoms with Crippen LogP contribution in [-0.4, -0.2) is 21.3 Å². The van der Waals surface area contributed by atoms with Gasteiger partial charge in [0.05, 0.1) is 5.97 Å². The fourth-order valence-electron chi connectivity index (χ4n) is 6.97. The molecule has 0 unspecified atom stereocenters. The summed E-state index contributed by atoms with van der Waals surface area (Å²) in [6.07, 6.45) is 0. The topological polar surface area (TPSA) is 105 Å². The number of carbonyl (C=O) groups excluding carboxylic acids is 1. The molecule has 6 rings (SSSR count). The minimum absolute atomic E-state index is 0.265. The van der Waals surface area contributed by atoms with E-state index in [4.69, 9.17) is 0 Å². The number of hydrogen-bond donors (Lipinski definition) is 4. The number of phenolic OH excluding ortho intramolecular Hbond substituents is 3. The second-order valence-corrected chi connectivity index (χ2v) is 16.0. The standard InChI is InChI=1S/C27H33NO3.C19H15O2P/c1-16-7-19(4)25(29)22(10-16)13-28(14-23-11-17(2)8-20(5)26(23)30)15-24-12-18(3)9-21(6)27(24)31;20-19(21)17-13-7-8-14-18(17)22(15-9-3-1-4-10-15)16-11-5-2-6-12-16/h7-12,29-31H,13-15H2,1-6H3;1-14H,(H,20,21). The Balaban J connectivity index is 0.000000216. The second-order valence-electron chi connectivity index (χ2n) is 13.9. The quantitative estimate of drug-likeness (QED) is 0.125. The molecule has 0 saturated carbocycles. The molecule has 7 heteroatoms. The largest absolute Gasteiger partial charge is 0.545 e. The Morgan fingerprint density at radius 2 is 0.868 bits per heavy atom. The summed E-state index contributed by atoms with van der Waals surface area (Å²) < 4.78 is 0. The van der Waals surface area contributed by atoms with Crippen LogP contribution in [0.4, 0.5) is 0 Å². The summed E-state index contributed by atoms with van der Waals surface area (Å²) in [5.41, 5.74) is 8.78. The molecule has 6 nitrogen and oxygen atoms in total. The number of aryl methyl sites for hydroxylation is 6. The first-order valence-corrected chi connectivity index (χ1v) is 19.1. The van der Waals surface area contributed by atoms with Crippen LogP contribution in [0.25, 0.3) is 0 Å². The summed E-state index contributed by atoms with van der Waals surface area (Å²) in [7, 11) is -0.920. The molecule has 6 aromatic rings. The van der Waals surface area contributed by atoms with E-state index in [0.717, 1.165) is 70.9 Å². The number of aromatic hydroxyl groups is 3. The van der Waals surface area contributed by atoms with Crippen molar-refractivity contribution >= 4 is 29.8 Å². The van der Waals surface area contributed by atoms with Crippen LogP contribution in [0.5, 0.6) is 17.2 Å². The summed E-state index contributed by atoms with van der Waals surface area (Å²) in [5, 5.41) is 46.6. The average molecular weight is 726 g/mol. The molecule has 0 spiro atoms. The Bertz CT molecular complexity index is 2020. The van der Waals surface area contributed by atoms with Crippen molar-refractivity contribution in [1.82, 2.24) is 0 Å². The zero-order valence-electron chi connectivity index (χ0n) is 31.3. The highest BCUT2D eigenvalue weighted by atomic mass is 31.1. The minimum atomic E-state index is -1.13. The van der Waals surface area contributed by atoms with Crippen LogP contribution in [0.15, 0.2) is 121 Å². The number of rotatable bonds is 10. The van der Waals surface area contributed by atoms with Gasteiger partial charge < -0.3 is 30.1 Å². The van der Waals surface area contributed by atoms with Gasteiger partial charge in [0.2, 0.25) is 0 Å². The lowest BCUT2D eigenvalue weighted by atomic mass is 10.0. The Morgan fingerprint density at radius 1 is 0.528 bits per heavy atom. The van der Waals surface area contributed by atoms with Gasteiger partial charge >= 0.3 is 0 Å². The van der Waals surface area contributed by atoms with Gasteiger partial charge in [0.1, 0.15) is 36.9 Å². The van der Waals surface area contributed by atoms with Crippen molar-refractivity contribution in [3.8, 4) is 17.2 Å². The maximum Gasteiger partial charge on any atom is 0.127 e. The molecule has 4 N–H and O–H groups in total. The van der Waals surface area contributed by atoms with E-state index in [0.29, 0.717) is 36.9 Å². The number of nitrogens with one attached hydrogen (secondary N) is 1. The van der Waals surface area contributed by atoms with Crippen molar-refractivity contribution in [3.05, 3.63) is 177 Å². The molecule has 0 aliphatic carbocycles. The molecular formula is C46H48NO5P. The van der Waals surface area contributed by atoms with Crippen molar-refractivity contribution in [2.75, 3.05) is 0 Å². The minimum Gasteiger partial charge on any atom is -0.545 e. The third kappa shape index (κ3) is 9.72. The summed E-state index contributed by atoms with van der Waals surface area (Å²) in [6.45, 7) is 13.6. The van der Waals surface area contributed by atoms with E-state index in [2.05, 4.69) is 0 Å². The zero-order valence-corrected chi connectivity index (χ0v) is 32.2. The average Bonchev–Trinajstić information content (AvgIpc) is 3.12. The number of carboxylic acids is 1. The molecule has 0 atom stereocenters. The van der Waals surface area contributed by atoms with E-state index in [-0.39, 0.29) is 5.56 Å². The summed E-state index contributed by atoms with van der Waals surface area (Å²) in [4.78, 5) is 12.6. The van der Waals surface area contributed by atoms with E-state index in [1.54, 1.807) is 12.1 Å². The van der Waals surface area contributed by atoms with Gasteiger partial charge in [0.15, 0.2) is 0 Å². The lowest BCUT2D eigenvalue weighted by Gasteiger charge is -2.23. The van der Waals surface area contributed by atoms with Crippen LogP contribution < -0.4 is 25.9 Å². The highest BCUT2D eigenvalue weighted by Gasteiger charge is 2.21. The lowest BCUT2D eigenvalue weighted by molar-refractivity contribution is -0.941. The number of hydrogen-bond acceptors (Lipinski definition) is 5. The van der Waals surface area contributed by atoms with Gasteiger partial charge in [-0.3, -0.25) is 0 Å². The summed E-state index contributed by atoms with van der Waals surface area (Å²) >= 11 is 0. The monoisotopic (exact) mass is 725 g/mol. The number of carbonyl (C=O) groups is 1. The van der Waals surface area contributed by atoms with Gasteiger partial charge in [0.25, 0.3) is 0 Å². The molecule has 0 amide bonds. The van der Waals surface area contributed by atoms with E-state index in [1.165, 1.54) is 0 Å². The molecule has 0 bridgehead atoms. The Labute approximate surface area is 314 Å². The molecule has 6 aromatic carbocycles. The maximum atomic E-state index is 11.5. The van der Waals surface area contributed by atoms with E-state index >= 15 is 0 Å². The van der Waals surface area contributed by atoms with E-state index < -0.39 is 13.9 Å². The fourth-order valence-corrected chi connectivity index (χ4v) is 9.40. The van der Waals surface area contributed by atoms with Gasteiger partial charge in [-0.05, 0) is 100 Å². The van der Waals surface area contributed by atoms with Crippen molar-refractivity contribution in [2.24, 2.45) is 0 Å². The highest BCUT2D eigenvalue weighted by Crippen LogP contribution is 2.34. The summed E-state index contributed by atoms with van der Waals surface area (Å²) in [5.74, 6) is -0.179. The van der Waals surface area contributed by atoms with Crippen molar-refractivity contribution in [2.45, 2.75) is 61.2 Å². The first kappa shape index (κ1) is 38.8. The molecule has 0 aliphatic heterocycles. The third-order valence-electron chi connectivity index (χ3n) is 9.29. The van der Waals surface area contributed by atoms with Gasteiger partial charge in [-0.2, -0.15) is 0 Å². The van der Waals surface area contributed by atoms with Crippen LogP contribution >= 0.6 is 7.92 Å². The first-order chi connectivity index (χ1) is 25.3. The molecule has 0 heterocycles. The van der Waals surface area contributed by atoms with Gasteiger partial charge in [-0.1, -0.05) is 120 Å². The molecule has 272 valence electrons. The van der Waals surface area contributed by atoms with E-state index in [9.17, 15) is 25.2 Å². The number of quaternary nitrogens is 1. The van der Waals surface area contributed by atoms with Crippen LogP contribution in [0.3, 0.4) is 0 Å². The van der Waals surface area contributed by atoms with E-state index in [1.807, 2.05) is 151 Å². The summed E-state index contributed by atoms with van der Waals surface area (Å²) in [6, 6.07) is 39.1. The highest BCUT2D eigenvalue weighted by molar-refractivity contribution is 7.80.